The molecule has 2 amide bonds. The molecule has 2 aliphatic rings. The SMILES string of the molecule is O=C1CC(N(C2CCCCC2)S(=O)(=O)c2ccc3ccccc3c2)C(=O)N1c1ccc(Br)cc1. The molecule has 34 heavy (non-hydrogen) atoms. The zero-order valence-electron chi connectivity index (χ0n) is 18.6. The minimum atomic E-state index is -4.02. The van der Waals surface area contributed by atoms with Gasteiger partial charge in [-0.25, -0.2) is 13.3 Å². The van der Waals surface area contributed by atoms with E-state index in [1.807, 2.05) is 24.3 Å². The van der Waals surface area contributed by atoms with E-state index in [-0.39, 0.29) is 23.3 Å². The summed E-state index contributed by atoms with van der Waals surface area (Å²) in [6, 6.07) is 18.2. The lowest BCUT2D eigenvalue weighted by Crippen LogP contribution is -2.51. The fraction of sp³-hybridized carbons (Fsp3) is 0.308. The summed E-state index contributed by atoms with van der Waals surface area (Å²) >= 11 is 3.36. The molecule has 8 heteroatoms. The van der Waals surface area contributed by atoms with Gasteiger partial charge < -0.3 is 0 Å². The molecule has 3 aromatic carbocycles. The summed E-state index contributed by atoms with van der Waals surface area (Å²) in [6.07, 6.45) is 4.06. The fourth-order valence-corrected chi connectivity index (χ4v) is 7.21. The lowest BCUT2D eigenvalue weighted by Gasteiger charge is -2.36. The summed E-state index contributed by atoms with van der Waals surface area (Å²) in [4.78, 5) is 27.8. The Bertz CT molecular complexity index is 1350. The van der Waals surface area contributed by atoms with Crippen LogP contribution < -0.4 is 4.90 Å². The maximum absolute atomic E-state index is 14.0. The maximum atomic E-state index is 14.0. The van der Waals surface area contributed by atoms with Crippen LogP contribution in [0.1, 0.15) is 38.5 Å². The molecule has 176 valence electrons. The van der Waals surface area contributed by atoms with Gasteiger partial charge in [0, 0.05) is 10.5 Å². The quantitative estimate of drug-likeness (QED) is 0.414. The van der Waals surface area contributed by atoms with Gasteiger partial charge in [-0.1, -0.05) is 65.5 Å². The van der Waals surface area contributed by atoms with Crippen LogP contribution >= 0.6 is 15.9 Å². The number of amides is 2. The average Bonchev–Trinajstić information content (AvgIpc) is 3.13. The second-order valence-corrected chi connectivity index (χ2v) is 11.7. The predicted molar refractivity (Wildman–Crippen MR) is 135 cm³/mol. The molecule has 5 rings (SSSR count). The van der Waals surface area contributed by atoms with Crippen molar-refractivity contribution in [3.05, 3.63) is 71.2 Å². The molecule has 0 N–H and O–H groups in total. The van der Waals surface area contributed by atoms with Crippen LogP contribution in [-0.4, -0.2) is 36.6 Å². The number of nitrogens with zero attached hydrogens (tertiary/aromatic N) is 2. The van der Waals surface area contributed by atoms with Gasteiger partial charge in [-0.3, -0.25) is 9.59 Å². The molecule has 1 saturated carbocycles. The molecule has 2 fully saturated rings. The highest BCUT2D eigenvalue weighted by molar-refractivity contribution is 9.10. The molecule has 1 unspecified atom stereocenters. The smallest absolute Gasteiger partial charge is 0.252 e. The zero-order valence-corrected chi connectivity index (χ0v) is 21.0. The minimum absolute atomic E-state index is 0.152. The number of anilines is 1. The number of fused-ring (bicyclic) bond motifs is 1. The molecule has 6 nitrogen and oxygen atoms in total. The van der Waals surface area contributed by atoms with Gasteiger partial charge in [0.25, 0.3) is 5.91 Å². The summed E-state index contributed by atoms with van der Waals surface area (Å²) in [5, 5.41) is 1.76. The van der Waals surface area contributed by atoms with Crippen LogP contribution in [0.5, 0.6) is 0 Å². The molecule has 0 aromatic heterocycles. The Morgan fingerprint density at radius 1 is 0.853 bits per heavy atom. The lowest BCUT2D eigenvalue weighted by atomic mass is 9.94. The number of carbonyl (C=O) groups excluding carboxylic acids is 2. The minimum Gasteiger partial charge on any atom is -0.274 e. The summed E-state index contributed by atoms with van der Waals surface area (Å²) in [5.74, 6) is -0.867. The molecular formula is C26H25BrN2O4S. The molecule has 0 bridgehead atoms. The number of halogens is 1. The third-order valence-corrected chi connectivity index (χ3v) is 9.23. The van der Waals surface area contributed by atoms with E-state index in [1.54, 1.807) is 42.5 Å². The highest BCUT2D eigenvalue weighted by atomic mass is 79.9. The largest absolute Gasteiger partial charge is 0.274 e. The molecule has 1 aliphatic heterocycles. The van der Waals surface area contributed by atoms with E-state index in [0.717, 1.165) is 39.4 Å². The van der Waals surface area contributed by atoms with Gasteiger partial charge in [0.05, 0.1) is 17.0 Å². The molecule has 1 heterocycles. The van der Waals surface area contributed by atoms with E-state index < -0.39 is 22.0 Å². The number of imide groups is 1. The summed E-state index contributed by atoms with van der Waals surface area (Å²) < 4.78 is 30.3. The lowest BCUT2D eigenvalue weighted by molar-refractivity contribution is -0.122. The Kier molecular flexibility index (Phi) is 6.31. The zero-order chi connectivity index (χ0) is 23.9. The van der Waals surface area contributed by atoms with Crippen molar-refractivity contribution in [2.75, 3.05) is 4.90 Å². The summed E-state index contributed by atoms with van der Waals surface area (Å²) in [6.45, 7) is 0. The van der Waals surface area contributed by atoms with Crippen LogP contribution in [-0.2, 0) is 19.6 Å². The average molecular weight is 541 g/mol. The highest BCUT2D eigenvalue weighted by Crippen LogP contribution is 2.36. The second-order valence-electron chi connectivity index (χ2n) is 8.90. The van der Waals surface area contributed by atoms with E-state index in [1.165, 1.54) is 4.31 Å². The number of hydrogen-bond acceptors (Lipinski definition) is 4. The first-order valence-corrected chi connectivity index (χ1v) is 13.7. The standard InChI is InChI=1S/C26H25BrN2O4S/c27-20-11-13-21(14-12-20)28-25(30)17-24(26(28)31)29(22-8-2-1-3-9-22)34(32,33)23-15-10-18-6-4-5-7-19(18)16-23/h4-7,10-16,22,24H,1-3,8-9,17H2. The van der Waals surface area contributed by atoms with Crippen LogP contribution in [0.3, 0.4) is 0 Å². The van der Waals surface area contributed by atoms with Crippen LogP contribution in [0.4, 0.5) is 5.69 Å². The van der Waals surface area contributed by atoms with E-state index >= 15 is 0 Å². The van der Waals surface area contributed by atoms with Crippen molar-refractivity contribution in [3.8, 4) is 0 Å². The fourth-order valence-electron chi connectivity index (χ4n) is 5.08. The topological polar surface area (TPSA) is 74.8 Å². The molecular weight excluding hydrogens is 516 g/mol. The van der Waals surface area contributed by atoms with Gasteiger partial charge in [-0.05, 0) is 60.0 Å². The molecule has 0 radical (unpaired) electrons. The number of benzene rings is 3. The number of carbonyl (C=O) groups is 2. The van der Waals surface area contributed by atoms with Crippen LogP contribution in [0.25, 0.3) is 10.8 Å². The van der Waals surface area contributed by atoms with Crippen LogP contribution in [0, 0.1) is 0 Å². The number of sulfonamides is 1. The van der Waals surface area contributed by atoms with E-state index in [9.17, 15) is 18.0 Å². The molecule has 1 saturated heterocycles. The Morgan fingerprint density at radius 2 is 1.53 bits per heavy atom. The number of rotatable bonds is 5. The van der Waals surface area contributed by atoms with Crippen molar-refractivity contribution < 1.29 is 18.0 Å². The van der Waals surface area contributed by atoms with Gasteiger partial charge in [0.15, 0.2) is 0 Å². The first-order chi connectivity index (χ1) is 16.4. The van der Waals surface area contributed by atoms with Crippen molar-refractivity contribution >= 4 is 54.2 Å². The predicted octanol–water partition coefficient (Wildman–Crippen LogP) is 5.26. The first kappa shape index (κ1) is 23.2. The van der Waals surface area contributed by atoms with E-state index in [0.29, 0.717) is 18.5 Å². The molecule has 0 spiro atoms. The Morgan fingerprint density at radius 3 is 2.24 bits per heavy atom. The van der Waals surface area contributed by atoms with Crippen molar-refractivity contribution in [2.45, 2.75) is 55.5 Å². The van der Waals surface area contributed by atoms with Gasteiger partial charge >= 0.3 is 0 Å². The van der Waals surface area contributed by atoms with Crippen molar-refractivity contribution in [1.29, 1.82) is 0 Å². The van der Waals surface area contributed by atoms with Gasteiger partial charge in [-0.15, -0.1) is 0 Å². The van der Waals surface area contributed by atoms with Gasteiger partial charge in [-0.2, -0.15) is 4.31 Å². The molecule has 1 atom stereocenters. The normalized spacial score (nSPS) is 19.9. The maximum Gasteiger partial charge on any atom is 0.252 e. The van der Waals surface area contributed by atoms with E-state index in [4.69, 9.17) is 0 Å². The van der Waals surface area contributed by atoms with E-state index in [2.05, 4.69) is 15.9 Å². The van der Waals surface area contributed by atoms with Crippen molar-refractivity contribution in [2.24, 2.45) is 0 Å². The molecule has 1 aliphatic carbocycles. The van der Waals surface area contributed by atoms with Crippen molar-refractivity contribution in [1.82, 2.24) is 4.31 Å². The first-order valence-electron chi connectivity index (χ1n) is 11.5. The summed E-state index contributed by atoms with van der Waals surface area (Å²) in [5.41, 5.74) is 0.451. The monoisotopic (exact) mass is 540 g/mol. The highest BCUT2D eigenvalue weighted by Gasteiger charge is 2.49. The van der Waals surface area contributed by atoms with Crippen molar-refractivity contribution in [3.63, 3.8) is 0 Å². The van der Waals surface area contributed by atoms with Crippen LogP contribution in [0.2, 0.25) is 0 Å². The third-order valence-electron chi connectivity index (χ3n) is 6.75. The Hall–Kier alpha value is -2.55. The van der Waals surface area contributed by atoms with Gasteiger partial charge in [0.2, 0.25) is 15.9 Å². The Labute approximate surface area is 207 Å². The summed E-state index contributed by atoms with van der Waals surface area (Å²) in [7, 11) is -4.02. The third kappa shape index (κ3) is 4.19. The van der Waals surface area contributed by atoms with Gasteiger partial charge in [0.1, 0.15) is 6.04 Å². The molecule has 3 aromatic rings. The van der Waals surface area contributed by atoms with Crippen LogP contribution in [0.15, 0.2) is 76.1 Å². The second kappa shape index (κ2) is 9.24. The Balaban J connectivity index is 1.56. The number of hydrogen-bond donors (Lipinski definition) is 0.